The maximum atomic E-state index is 12.6. The molecule has 0 saturated carbocycles. The Bertz CT molecular complexity index is 1170. The summed E-state index contributed by atoms with van der Waals surface area (Å²) in [7, 11) is 1.62. The Balaban J connectivity index is 1.39. The van der Waals surface area contributed by atoms with Crippen LogP contribution in [0.4, 0.5) is 0 Å². The number of rotatable bonds is 5. The van der Waals surface area contributed by atoms with E-state index in [1.165, 1.54) is 10.1 Å². The predicted octanol–water partition coefficient (Wildman–Crippen LogP) is 2.23. The first kappa shape index (κ1) is 20.5. The van der Waals surface area contributed by atoms with Crippen molar-refractivity contribution in [1.29, 1.82) is 0 Å². The molecule has 1 aliphatic heterocycles. The van der Waals surface area contributed by atoms with Gasteiger partial charge < -0.3 is 15.0 Å². The highest BCUT2D eigenvalue weighted by atomic mass is 32.1. The largest absolute Gasteiger partial charge is 0.374 e. The lowest BCUT2D eigenvalue weighted by molar-refractivity contribution is -0.0292. The Labute approximate surface area is 179 Å². The Kier molecular flexibility index (Phi) is 6.08. The molecule has 30 heavy (non-hydrogen) atoms. The lowest BCUT2D eigenvalue weighted by Crippen LogP contribution is -2.47. The van der Waals surface area contributed by atoms with Crippen LogP contribution < -0.4 is 10.9 Å². The average Bonchev–Trinajstić information content (AvgIpc) is 2.76. The summed E-state index contributed by atoms with van der Waals surface area (Å²) in [6, 6.07) is 15.3. The molecule has 1 unspecified atom stereocenters. The van der Waals surface area contributed by atoms with Crippen LogP contribution in [0.15, 0.2) is 53.3 Å². The van der Waals surface area contributed by atoms with Gasteiger partial charge in [0, 0.05) is 38.8 Å². The summed E-state index contributed by atoms with van der Waals surface area (Å²) < 4.78 is 7.52. The first-order valence-electron chi connectivity index (χ1n) is 9.90. The number of carbonyl (C=O) groups is 1. The normalized spacial score (nSPS) is 17.2. The lowest BCUT2D eigenvalue weighted by atomic mass is 10.1. The topological polar surface area (TPSA) is 79.4 Å². The number of nitrogens with one attached hydrogen (secondary N) is 2. The van der Waals surface area contributed by atoms with Gasteiger partial charge in [-0.1, -0.05) is 30.3 Å². The third-order valence-corrected chi connectivity index (χ3v) is 5.70. The molecule has 1 amide bonds. The standard InChI is InChI=1S/C22H24N4O3S/c1-25-21(28)18-8-7-16(11-19(18)24-22(25)30)20(27)23-12-17-14-26(9-10-29-17)13-15-5-3-2-4-6-15/h2-8,11,17H,9-10,12-14H2,1H3,(H,23,27)(H,24,30). The average molecular weight is 425 g/mol. The van der Waals surface area contributed by atoms with Crippen molar-refractivity contribution in [3.05, 3.63) is 74.8 Å². The molecule has 4 rings (SSSR count). The Morgan fingerprint density at radius 3 is 2.87 bits per heavy atom. The van der Waals surface area contributed by atoms with Crippen LogP contribution in [0.5, 0.6) is 0 Å². The quantitative estimate of drug-likeness (QED) is 0.614. The molecule has 0 bridgehead atoms. The van der Waals surface area contributed by atoms with E-state index in [1.54, 1.807) is 25.2 Å². The molecule has 2 N–H and O–H groups in total. The van der Waals surface area contributed by atoms with Crippen LogP contribution in [0.3, 0.4) is 0 Å². The fourth-order valence-corrected chi connectivity index (χ4v) is 3.84. The van der Waals surface area contributed by atoms with Gasteiger partial charge in [0.15, 0.2) is 4.77 Å². The number of H-pyrrole nitrogens is 1. The summed E-state index contributed by atoms with van der Waals surface area (Å²) in [6.07, 6.45) is -0.0648. The lowest BCUT2D eigenvalue weighted by Gasteiger charge is -2.33. The summed E-state index contributed by atoms with van der Waals surface area (Å²) in [4.78, 5) is 30.2. The molecular weight excluding hydrogens is 400 g/mol. The number of benzene rings is 2. The molecule has 1 aromatic heterocycles. The third-order valence-electron chi connectivity index (χ3n) is 5.33. The number of nitrogens with zero attached hydrogens (tertiary/aromatic N) is 2. The van der Waals surface area contributed by atoms with Crippen molar-refractivity contribution >= 4 is 29.0 Å². The number of ether oxygens (including phenoxy) is 1. The van der Waals surface area contributed by atoms with Gasteiger partial charge in [0.2, 0.25) is 0 Å². The minimum Gasteiger partial charge on any atom is -0.374 e. The van der Waals surface area contributed by atoms with Gasteiger partial charge >= 0.3 is 0 Å². The van der Waals surface area contributed by atoms with Gasteiger partial charge in [-0.2, -0.15) is 0 Å². The monoisotopic (exact) mass is 424 g/mol. The second-order valence-electron chi connectivity index (χ2n) is 7.48. The SMILES string of the molecule is Cn1c(=S)[nH]c2cc(C(=O)NCC3CN(Cc4ccccc4)CCO3)ccc2c1=O. The van der Waals surface area contributed by atoms with E-state index in [9.17, 15) is 9.59 Å². The zero-order chi connectivity index (χ0) is 21.1. The van der Waals surface area contributed by atoms with E-state index in [0.717, 1.165) is 19.6 Å². The first-order valence-corrected chi connectivity index (χ1v) is 10.3. The first-order chi connectivity index (χ1) is 14.5. The van der Waals surface area contributed by atoms with Crippen LogP contribution in [0.2, 0.25) is 0 Å². The van der Waals surface area contributed by atoms with Crippen LogP contribution in [-0.2, 0) is 18.3 Å². The van der Waals surface area contributed by atoms with E-state index in [4.69, 9.17) is 17.0 Å². The number of aromatic amines is 1. The number of amides is 1. The molecule has 8 heteroatoms. The van der Waals surface area contributed by atoms with E-state index in [-0.39, 0.29) is 17.6 Å². The Morgan fingerprint density at radius 1 is 1.27 bits per heavy atom. The van der Waals surface area contributed by atoms with E-state index < -0.39 is 0 Å². The molecule has 2 aromatic carbocycles. The summed E-state index contributed by atoms with van der Waals surface area (Å²) in [5.41, 5.74) is 2.11. The van der Waals surface area contributed by atoms with Gasteiger partial charge in [0.1, 0.15) is 0 Å². The van der Waals surface area contributed by atoms with Gasteiger partial charge in [-0.3, -0.25) is 19.1 Å². The molecule has 0 radical (unpaired) electrons. The zero-order valence-electron chi connectivity index (χ0n) is 16.8. The number of hydrogen-bond acceptors (Lipinski definition) is 5. The van der Waals surface area contributed by atoms with Crippen LogP contribution in [-0.4, -0.2) is 52.7 Å². The van der Waals surface area contributed by atoms with Crippen molar-refractivity contribution in [1.82, 2.24) is 19.8 Å². The summed E-state index contributed by atoms with van der Waals surface area (Å²) >= 11 is 5.16. The highest BCUT2D eigenvalue weighted by Crippen LogP contribution is 2.12. The van der Waals surface area contributed by atoms with E-state index >= 15 is 0 Å². The van der Waals surface area contributed by atoms with Crippen molar-refractivity contribution in [2.75, 3.05) is 26.2 Å². The molecule has 1 aliphatic rings. The van der Waals surface area contributed by atoms with Crippen LogP contribution >= 0.6 is 12.2 Å². The molecule has 3 aromatic rings. The second kappa shape index (κ2) is 8.91. The molecule has 2 heterocycles. The molecule has 7 nitrogen and oxygen atoms in total. The molecule has 0 spiro atoms. The summed E-state index contributed by atoms with van der Waals surface area (Å²) in [5, 5.41) is 3.44. The molecule has 156 valence electrons. The van der Waals surface area contributed by atoms with Gasteiger partial charge in [0.05, 0.1) is 23.6 Å². The van der Waals surface area contributed by atoms with E-state index in [0.29, 0.717) is 34.4 Å². The van der Waals surface area contributed by atoms with Gasteiger partial charge in [-0.05, 0) is 36.0 Å². The second-order valence-corrected chi connectivity index (χ2v) is 7.86. The molecule has 1 saturated heterocycles. The van der Waals surface area contributed by atoms with E-state index in [1.807, 2.05) is 18.2 Å². The molecular formula is C22H24N4O3S. The van der Waals surface area contributed by atoms with E-state index in [2.05, 4.69) is 27.3 Å². The zero-order valence-corrected chi connectivity index (χ0v) is 17.6. The third kappa shape index (κ3) is 4.51. The maximum Gasteiger partial charge on any atom is 0.261 e. The summed E-state index contributed by atoms with van der Waals surface area (Å²) in [6.45, 7) is 3.57. The predicted molar refractivity (Wildman–Crippen MR) is 118 cm³/mol. The smallest absolute Gasteiger partial charge is 0.261 e. The highest BCUT2D eigenvalue weighted by Gasteiger charge is 2.21. The number of carbonyl (C=O) groups excluding carboxylic acids is 1. The van der Waals surface area contributed by atoms with Crippen LogP contribution in [0, 0.1) is 4.77 Å². The number of hydrogen-bond donors (Lipinski definition) is 2. The van der Waals surface area contributed by atoms with Crippen molar-refractivity contribution in [2.45, 2.75) is 12.6 Å². The number of aromatic nitrogens is 2. The van der Waals surface area contributed by atoms with Gasteiger partial charge in [-0.25, -0.2) is 0 Å². The highest BCUT2D eigenvalue weighted by molar-refractivity contribution is 7.71. The Hall–Kier alpha value is -2.81. The molecule has 0 aliphatic carbocycles. The molecule has 1 fully saturated rings. The Morgan fingerprint density at radius 2 is 2.07 bits per heavy atom. The van der Waals surface area contributed by atoms with Crippen LogP contribution in [0.25, 0.3) is 10.9 Å². The number of fused-ring (bicyclic) bond motifs is 1. The maximum absolute atomic E-state index is 12.6. The fraction of sp³-hybridized carbons (Fsp3) is 0.318. The van der Waals surface area contributed by atoms with Gasteiger partial charge in [-0.15, -0.1) is 0 Å². The summed E-state index contributed by atoms with van der Waals surface area (Å²) in [5.74, 6) is -0.208. The van der Waals surface area contributed by atoms with Crippen molar-refractivity contribution < 1.29 is 9.53 Å². The minimum absolute atomic E-state index is 0.0648. The minimum atomic E-state index is -0.208. The number of morpholine rings is 1. The van der Waals surface area contributed by atoms with Crippen LogP contribution in [0.1, 0.15) is 15.9 Å². The van der Waals surface area contributed by atoms with Gasteiger partial charge in [0.25, 0.3) is 11.5 Å². The van der Waals surface area contributed by atoms with Crippen molar-refractivity contribution in [2.24, 2.45) is 7.05 Å². The molecule has 1 atom stereocenters. The van der Waals surface area contributed by atoms with Crippen molar-refractivity contribution in [3.63, 3.8) is 0 Å². The fourth-order valence-electron chi connectivity index (χ4n) is 3.65. The van der Waals surface area contributed by atoms with Crippen molar-refractivity contribution in [3.8, 4) is 0 Å².